The molecule has 1 aromatic heterocycles. The highest BCUT2D eigenvalue weighted by Gasteiger charge is 2.31. The molecule has 3 nitrogen and oxygen atoms in total. The van der Waals surface area contributed by atoms with Crippen LogP contribution in [0.3, 0.4) is 0 Å². The molecule has 0 spiro atoms. The number of aromatic nitrogens is 1. The van der Waals surface area contributed by atoms with Crippen molar-refractivity contribution < 1.29 is 18.0 Å². The van der Waals surface area contributed by atoms with E-state index in [2.05, 4.69) is 5.32 Å². The van der Waals surface area contributed by atoms with E-state index in [0.717, 1.165) is 23.6 Å². The third-order valence-corrected chi connectivity index (χ3v) is 4.01. The second-order valence-corrected chi connectivity index (χ2v) is 5.72. The van der Waals surface area contributed by atoms with E-state index in [1.165, 1.54) is 0 Å². The lowest BCUT2D eigenvalue weighted by Crippen LogP contribution is -2.14. The summed E-state index contributed by atoms with van der Waals surface area (Å²) in [5, 5.41) is 3.36. The number of benzene rings is 2. The van der Waals surface area contributed by atoms with Gasteiger partial charge in [0.15, 0.2) is 0 Å². The van der Waals surface area contributed by atoms with Crippen molar-refractivity contribution >= 4 is 34.1 Å². The number of nitrogens with zero attached hydrogens (tertiary/aromatic N) is 1. The van der Waals surface area contributed by atoms with Gasteiger partial charge in [-0.1, -0.05) is 23.7 Å². The molecule has 2 aromatic carbocycles. The first-order valence-electron chi connectivity index (χ1n) is 6.99. The highest BCUT2D eigenvalue weighted by molar-refractivity contribution is 6.34. The number of carbonyl (C=O) groups is 1. The van der Waals surface area contributed by atoms with Crippen molar-refractivity contribution in [3.8, 4) is 0 Å². The molecule has 0 unspecified atom stereocenters. The molecule has 7 heteroatoms. The number of anilines is 1. The number of para-hydroxylation sites is 1. The quantitative estimate of drug-likeness (QED) is 0.683. The fourth-order valence-electron chi connectivity index (χ4n) is 2.53. The second kappa shape index (κ2) is 5.87. The van der Waals surface area contributed by atoms with Crippen LogP contribution in [0.5, 0.6) is 0 Å². The summed E-state index contributed by atoms with van der Waals surface area (Å²) >= 11 is 5.92. The van der Waals surface area contributed by atoms with Crippen LogP contribution in [-0.2, 0) is 13.2 Å². The van der Waals surface area contributed by atoms with Crippen molar-refractivity contribution in [2.75, 3.05) is 5.32 Å². The lowest BCUT2D eigenvalue weighted by molar-refractivity contribution is -0.137. The molecule has 124 valence electrons. The van der Waals surface area contributed by atoms with E-state index in [-0.39, 0.29) is 10.7 Å². The third-order valence-electron chi connectivity index (χ3n) is 3.68. The maximum Gasteiger partial charge on any atom is 0.416 e. The minimum atomic E-state index is -4.51. The summed E-state index contributed by atoms with van der Waals surface area (Å²) < 4.78 is 40.2. The van der Waals surface area contributed by atoms with Crippen LogP contribution >= 0.6 is 11.6 Å². The van der Waals surface area contributed by atoms with Gasteiger partial charge in [0.2, 0.25) is 0 Å². The fourth-order valence-corrected chi connectivity index (χ4v) is 2.69. The first kappa shape index (κ1) is 16.4. The van der Waals surface area contributed by atoms with Crippen LogP contribution in [0.2, 0.25) is 5.02 Å². The van der Waals surface area contributed by atoms with Crippen LogP contribution < -0.4 is 5.32 Å². The highest BCUT2D eigenvalue weighted by atomic mass is 35.5. The van der Waals surface area contributed by atoms with Gasteiger partial charge in [-0.25, -0.2) is 0 Å². The van der Waals surface area contributed by atoms with Crippen molar-refractivity contribution in [1.82, 2.24) is 4.57 Å². The summed E-state index contributed by atoms with van der Waals surface area (Å²) in [6, 6.07) is 9.83. The predicted molar refractivity (Wildman–Crippen MR) is 87.3 cm³/mol. The predicted octanol–water partition coefficient (Wildman–Crippen LogP) is 5.10. The van der Waals surface area contributed by atoms with E-state index in [1.807, 2.05) is 12.1 Å². The van der Waals surface area contributed by atoms with Crippen LogP contribution in [0.1, 0.15) is 15.9 Å². The molecule has 1 heterocycles. The maximum absolute atomic E-state index is 12.8. The molecule has 0 radical (unpaired) electrons. The van der Waals surface area contributed by atoms with Crippen molar-refractivity contribution in [3.05, 3.63) is 64.8 Å². The van der Waals surface area contributed by atoms with Gasteiger partial charge in [-0.3, -0.25) is 4.79 Å². The average Bonchev–Trinajstić information content (AvgIpc) is 2.90. The first-order valence-corrected chi connectivity index (χ1v) is 7.37. The van der Waals surface area contributed by atoms with Crippen molar-refractivity contribution in [1.29, 1.82) is 0 Å². The number of carbonyl (C=O) groups excluding carboxylic acids is 1. The van der Waals surface area contributed by atoms with Gasteiger partial charge < -0.3 is 9.88 Å². The summed E-state index contributed by atoms with van der Waals surface area (Å²) in [7, 11) is 1.79. The zero-order chi connectivity index (χ0) is 17.5. The minimum absolute atomic E-state index is 0.0374. The van der Waals surface area contributed by atoms with E-state index in [9.17, 15) is 18.0 Å². The second-order valence-electron chi connectivity index (χ2n) is 5.32. The first-order chi connectivity index (χ1) is 11.3. The topological polar surface area (TPSA) is 34.0 Å². The van der Waals surface area contributed by atoms with Crippen LogP contribution in [0.15, 0.2) is 48.7 Å². The van der Waals surface area contributed by atoms with E-state index >= 15 is 0 Å². The van der Waals surface area contributed by atoms with E-state index < -0.39 is 17.6 Å². The molecular formula is C17H12ClF3N2O. The number of aryl methyl sites for hydroxylation is 1. The number of amides is 1. The Morgan fingerprint density at radius 3 is 2.62 bits per heavy atom. The molecule has 0 aliphatic rings. The highest BCUT2D eigenvalue weighted by Crippen LogP contribution is 2.34. The Labute approximate surface area is 140 Å². The van der Waals surface area contributed by atoms with Gasteiger partial charge in [0.05, 0.1) is 27.4 Å². The van der Waals surface area contributed by atoms with Gasteiger partial charge in [0.1, 0.15) is 0 Å². The number of halogens is 4. The van der Waals surface area contributed by atoms with Gasteiger partial charge in [-0.05, 0) is 30.3 Å². The Morgan fingerprint density at radius 1 is 1.17 bits per heavy atom. The fraction of sp³-hybridized carbons (Fsp3) is 0.118. The number of hydrogen-bond acceptors (Lipinski definition) is 1. The summed E-state index contributed by atoms with van der Waals surface area (Å²) in [6.07, 6.45) is -2.71. The molecule has 0 aliphatic carbocycles. The number of rotatable bonds is 2. The smallest absolute Gasteiger partial charge is 0.350 e. The molecule has 1 N–H and O–H groups in total. The Morgan fingerprint density at radius 2 is 1.92 bits per heavy atom. The van der Waals surface area contributed by atoms with Crippen LogP contribution in [0.4, 0.5) is 18.9 Å². The molecule has 1 amide bonds. The largest absolute Gasteiger partial charge is 0.416 e. The molecule has 0 atom stereocenters. The number of nitrogens with one attached hydrogen (secondary N) is 1. The lowest BCUT2D eigenvalue weighted by atomic mass is 10.1. The average molecular weight is 353 g/mol. The summed E-state index contributed by atoms with van der Waals surface area (Å²) in [6.45, 7) is 0. The van der Waals surface area contributed by atoms with E-state index in [0.29, 0.717) is 11.1 Å². The minimum Gasteiger partial charge on any atom is -0.350 e. The molecule has 24 heavy (non-hydrogen) atoms. The normalized spacial score (nSPS) is 11.7. The third kappa shape index (κ3) is 2.97. The van der Waals surface area contributed by atoms with Crippen molar-refractivity contribution in [2.45, 2.75) is 6.18 Å². The zero-order valence-corrected chi connectivity index (χ0v) is 13.2. The molecule has 0 bridgehead atoms. The molecule has 3 rings (SSSR count). The maximum atomic E-state index is 12.8. The van der Waals surface area contributed by atoms with Crippen LogP contribution in [0.25, 0.3) is 10.9 Å². The van der Waals surface area contributed by atoms with Gasteiger partial charge in [-0.2, -0.15) is 13.2 Å². The molecule has 0 saturated heterocycles. The van der Waals surface area contributed by atoms with Crippen LogP contribution in [0, 0.1) is 0 Å². The zero-order valence-electron chi connectivity index (χ0n) is 12.5. The van der Waals surface area contributed by atoms with Crippen molar-refractivity contribution in [2.24, 2.45) is 7.05 Å². The van der Waals surface area contributed by atoms with Gasteiger partial charge in [0, 0.05) is 18.6 Å². The SMILES string of the molecule is Cn1ccc2cccc(C(=O)Nc3cc(C(F)(F)F)ccc3Cl)c21. The Kier molecular flexibility index (Phi) is 4.01. The summed E-state index contributed by atoms with van der Waals surface area (Å²) in [4.78, 5) is 12.5. The van der Waals surface area contributed by atoms with Gasteiger partial charge in [-0.15, -0.1) is 0 Å². The van der Waals surface area contributed by atoms with Gasteiger partial charge >= 0.3 is 6.18 Å². The van der Waals surface area contributed by atoms with Crippen LogP contribution in [-0.4, -0.2) is 10.5 Å². The Balaban J connectivity index is 1.99. The van der Waals surface area contributed by atoms with E-state index in [1.54, 1.807) is 29.9 Å². The molecule has 0 saturated carbocycles. The Bertz CT molecular complexity index is 931. The molecular weight excluding hydrogens is 341 g/mol. The van der Waals surface area contributed by atoms with Gasteiger partial charge in [0.25, 0.3) is 5.91 Å². The number of alkyl halides is 3. The number of hydrogen-bond donors (Lipinski definition) is 1. The lowest BCUT2D eigenvalue weighted by Gasteiger charge is -2.12. The van der Waals surface area contributed by atoms with Crippen molar-refractivity contribution in [3.63, 3.8) is 0 Å². The molecule has 0 fully saturated rings. The Hall–Kier alpha value is -2.47. The molecule has 3 aromatic rings. The monoisotopic (exact) mass is 352 g/mol. The summed E-state index contributed by atoms with van der Waals surface area (Å²) in [5.41, 5.74) is 0.0913. The number of fused-ring (bicyclic) bond motifs is 1. The molecule has 0 aliphatic heterocycles. The standard InChI is InChI=1S/C17H12ClF3N2O/c1-23-8-7-10-3-2-4-12(15(10)23)16(24)22-14-9-11(17(19,20)21)5-6-13(14)18/h2-9H,1H3,(H,22,24). The van der Waals surface area contributed by atoms with E-state index in [4.69, 9.17) is 11.6 Å². The summed E-state index contributed by atoms with van der Waals surface area (Å²) in [5.74, 6) is -0.524.